The number of hydrogen-bond acceptors (Lipinski definition) is 9. The molecule has 3 aromatic rings. The summed E-state index contributed by atoms with van der Waals surface area (Å²) in [5.74, 6) is 0.791. The molecule has 1 aromatic heterocycles. The second kappa shape index (κ2) is 12.4. The zero-order chi connectivity index (χ0) is 30.9. The van der Waals surface area contributed by atoms with Crippen molar-refractivity contribution >= 4 is 63.6 Å². The number of rotatable bonds is 6. The Kier molecular flexibility index (Phi) is 8.79. The second-order valence-corrected chi connectivity index (χ2v) is 12.4. The van der Waals surface area contributed by atoms with Crippen molar-refractivity contribution in [3.63, 3.8) is 0 Å². The summed E-state index contributed by atoms with van der Waals surface area (Å²) in [7, 11) is 0. The highest BCUT2D eigenvalue weighted by Gasteiger charge is 2.39. The third-order valence-corrected chi connectivity index (χ3v) is 7.97. The van der Waals surface area contributed by atoms with Gasteiger partial charge in [-0.3, -0.25) is 19.8 Å². The molecule has 2 saturated heterocycles. The number of fused-ring (bicyclic) bond motifs is 1. The number of hydrogen-bond donors (Lipinski definition) is 1. The maximum atomic E-state index is 13.5. The molecule has 0 aliphatic carbocycles. The van der Waals surface area contributed by atoms with Gasteiger partial charge in [-0.2, -0.15) is 4.98 Å². The number of amides is 2. The summed E-state index contributed by atoms with van der Waals surface area (Å²) in [5, 5.41) is 16.4. The van der Waals surface area contributed by atoms with E-state index in [0.717, 1.165) is 12.0 Å². The van der Waals surface area contributed by atoms with Gasteiger partial charge in [-0.1, -0.05) is 29.3 Å². The molecular formula is C29H33Cl2N7O5. The number of benzene rings is 2. The predicted molar refractivity (Wildman–Crippen MR) is 165 cm³/mol. The molecule has 2 fully saturated rings. The van der Waals surface area contributed by atoms with Crippen LogP contribution in [-0.2, 0) is 16.1 Å². The molecule has 0 spiro atoms. The van der Waals surface area contributed by atoms with Crippen molar-refractivity contribution in [2.45, 2.75) is 51.8 Å². The Balaban J connectivity index is 1.33. The number of ether oxygens (including phenoxy) is 1. The Morgan fingerprint density at radius 2 is 1.81 bits per heavy atom. The number of halogens is 2. The van der Waals surface area contributed by atoms with Crippen molar-refractivity contribution in [2.24, 2.45) is 0 Å². The van der Waals surface area contributed by atoms with Crippen LogP contribution in [0, 0.1) is 10.1 Å². The van der Waals surface area contributed by atoms with Crippen LogP contribution < -0.4 is 10.2 Å². The Bertz CT molecular complexity index is 1560. The highest BCUT2D eigenvalue weighted by atomic mass is 35.5. The number of non-ortho nitro benzene ring substituents is 1. The number of nitrogens with one attached hydrogen (secondary N) is 1. The van der Waals surface area contributed by atoms with Crippen molar-refractivity contribution in [3.8, 4) is 0 Å². The van der Waals surface area contributed by atoms with Crippen LogP contribution in [0.3, 0.4) is 0 Å². The molecule has 1 unspecified atom stereocenters. The van der Waals surface area contributed by atoms with E-state index < -0.39 is 22.7 Å². The molecule has 228 valence electrons. The molecule has 3 heterocycles. The van der Waals surface area contributed by atoms with Gasteiger partial charge in [0.2, 0.25) is 11.9 Å². The monoisotopic (exact) mass is 629 g/mol. The largest absolute Gasteiger partial charge is 0.444 e. The molecule has 1 N–H and O–H groups in total. The number of nitrogens with zero attached hydrogens (tertiary/aromatic N) is 6. The summed E-state index contributed by atoms with van der Waals surface area (Å²) in [6.45, 7) is 7.97. The lowest BCUT2D eigenvalue weighted by atomic mass is 10.1. The number of nitro groups is 1. The molecule has 2 aromatic carbocycles. The van der Waals surface area contributed by atoms with E-state index in [9.17, 15) is 19.7 Å². The molecule has 2 amide bonds. The first kappa shape index (κ1) is 30.6. The van der Waals surface area contributed by atoms with Crippen LogP contribution in [0.2, 0.25) is 10.0 Å². The smallest absolute Gasteiger partial charge is 0.410 e. The number of carbonyl (C=O) groups is 2. The molecule has 5 rings (SSSR count). The number of nitro benzene ring substituents is 1. The van der Waals surface area contributed by atoms with Gasteiger partial charge in [0.15, 0.2) is 0 Å². The summed E-state index contributed by atoms with van der Waals surface area (Å²) < 4.78 is 5.52. The maximum Gasteiger partial charge on any atom is 0.410 e. The van der Waals surface area contributed by atoms with Crippen LogP contribution >= 0.6 is 23.2 Å². The summed E-state index contributed by atoms with van der Waals surface area (Å²) in [5.41, 5.74) is 0.501. The highest BCUT2D eigenvalue weighted by Crippen LogP contribution is 2.30. The molecule has 1 atom stereocenters. The number of anilines is 2. The minimum atomic E-state index is -0.645. The Labute approximate surface area is 259 Å². The van der Waals surface area contributed by atoms with Gasteiger partial charge in [-0.05, 0) is 57.4 Å². The molecule has 43 heavy (non-hydrogen) atoms. The van der Waals surface area contributed by atoms with Crippen molar-refractivity contribution in [2.75, 3.05) is 42.9 Å². The average Bonchev–Trinajstić information content (AvgIpc) is 3.45. The molecule has 2 aliphatic rings. The van der Waals surface area contributed by atoms with Crippen molar-refractivity contribution in [1.29, 1.82) is 0 Å². The normalized spacial score (nSPS) is 17.3. The molecule has 0 bridgehead atoms. The van der Waals surface area contributed by atoms with Gasteiger partial charge < -0.3 is 19.9 Å². The lowest BCUT2D eigenvalue weighted by Gasteiger charge is -2.37. The Morgan fingerprint density at radius 1 is 1.07 bits per heavy atom. The van der Waals surface area contributed by atoms with Gasteiger partial charge in [0.25, 0.3) is 5.69 Å². The van der Waals surface area contributed by atoms with Gasteiger partial charge >= 0.3 is 6.09 Å². The van der Waals surface area contributed by atoms with E-state index in [0.29, 0.717) is 78.4 Å². The predicted octanol–water partition coefficient (Wildman–Crippen LogP) is 5.51. The lowest BCUT2D eigenvalue weighted by molar-refractivity contribution is -0.384. The van der Waals surface area contributed by atoms with E-state index in [1.54, 1.807) is 43.9 Å². The average molecular weight is 631 g/mol. The summed E-state index contributed by atoms with van der Waals surface area (Å²) in [4.78, 5) is 51.9. The molecule has 14 heteroatoms. The van der Waals surface area contributed by atoms with E-state index in [4.69, 9.17) is 32.9 Å². The standard InChI is InChI=1S/C29H33Cl2N7O5/c1-29(2,3)43-28(40)37-10-4-5-24(37)26(39)35-11-13-36(14-12-35)27-33-23-16-20(38(41)42)8-9-21(23)25(34-27)32-17-18-6-7-19(30)15-22(18)31/h6-9,15-16,24H,4-5,10-14,17H2,1-3H3,(H,32,33,34). The van der Waals surface area contributed by atoms with E-state index >= 15 is 0 Å². The highest BCUT2D eigenvalue weighted by molar-refractivity contribution is 6.35. The first-order valence-electron chi connectivity index (χ1n) is 14.1. The minimum Gasteiger partial charge on any atom is -0.444 e. The molecule has 0 saturated carbocycles. The zero-order valence-corrected chi connectivity index (χ0v) is 25.7. The lowest BCUT2D eigenvalue weighted by Crippen LogP contribution is -2.55. The fourth-order valence-electron chi connectivity index (χ4n) is 5.24. The third kappa shape index (κ3) is 7.02. The number of likely N-dealkylation sites (tertiary alicyclic amines) is 1. The third-order valence-electron chi connectivity index (χ3n) is 7.38. The quantitative estimate of drug-likeness (QED) is 0.277. The van der Waals surface area contributed by atoms with Crippen molar-refractivity contribution in [1.82, 2.24) is 19.8 Å². The summed E-state index contributed by atoms with van der Waals surface area (Å²) in [6.07, 6.45) is 0.863. The van der Waals surface area contributed by atoms with E-state index in [1.165, 1.54) is 17.0 Å². The SMILES string of the molecule is CC(C)(C)OC(=O)N1CCCC1C(=O)N1CCN(c2nc(NCc3ccc(Cl)cc3Cl)c3ccc([N+](=O)[O-])cc3n2)CC1. The summed E-state index contributed by atoms with van der Waals surface area (Å²) >= 11 is 12.4. The molecular weight excluding hydrogens is 597 g/mol. The molecule has 0 radical (unpaired) electrons. The molecule has 2 aliphatic heterocycles. The van der Waals surface area contributed by atoms with Gasteiger partial charge in [-0.15, -0.1) is 0 Å². The zero-order valence-electron chi connectivity index (χ0n) is 24.2. The van der Waals surface area contributed by atoms with Crippen LogP contribution in [0.5, 0.6) is 0 Å². The van der Waals surface area contributed by atoms with Crippen molar-refractivity contribution in [3.05, 3.63) is 62.1 Å². The fraction of sp³-hybridized carbons (Fsp3) is 0.448. The van der Waals surface area contributed by atoms with Gasteiger partial charge in [-0.25, -0.2) is 9.78 Å². The first-order chi connectivity index (χ1) is 20.4. The van der Waals surface area contributed by atoms with Crippen LogP contribution in [0.25, 0.3) is 10.9 Å². The van der Waals surface area contributed by atoms with Crippen LogP contribution in [0.1, 0.15) is 39.2 Å². The van der Waals surface area contributed by atoms with Crippen LogP contribution in [-0.4, -0.2) is 81.1 Å². The second-order valence-electron chi connectivity index (χ2n) is 11.6. The van der Waals surface area contributed by atoms with Crippen molar-refractivity contribution < 1.29 is 19.2 Å². The Hall–Kier alpha value is -3.90. The fourth-order valence-corrected chi connectivity index (χ4v) is 5.71. The van der Waals surface area contributed by atoms with E-state index in [-0.39, 0.29) is 11.6 Å². The van der Waals surface area contributed by atoms with Crippen LogP contribution in [0.15, 0.2) is 36.4 Å². The van der Waals surface area contributed by atoms with Crippen LogP contribution in [0.4, 0.5) is 22.2 Å². The number of aromatic nitrogens is 2. The maximum absolute atomic E-state index is 13.5. The number of piperazine rings is 1. The van der Waals surface area contributed by atoms with Gasteiger partial charge in [0, 0.05) is 66.8 Å². The summed E-state index contributed by atoms with van der Waals surface area (Å²) in [6, 6.07) is 9.14. The van der Waals surface area contributed by atoms with E-state index in [1.807, 2.05) is 11.0 Å². The Morgan fingerprint density at radius 3 is 2.49 bits per heavy atom. The minimum absolute atomic E-state index is 0.0784. The first-order valence-corrected chi connectivity index (χ1v) is 14.8. The van der Waals surface area contributed by atoms with Gasteiger partial charge in [0.05, 0.1) is 10.4 Å². The number of carbonyl (C=O) groups excluding carboxylic acids is 2. The topological polar surface area (TPSA) is 134 Å². The van der Waals surface area contributed by atoms with E-state index in [2.05, 4.69) is 10.3 Å². The molecule has 12 nitrogen and oxygen atoms in total. The van der Waals surface area contributed by atoms with Gasteiger partial charge in [0.1, 0.15) is 17.5 Å².